The Morgan fingerprint density at radius 2 is 1.33 bits per heavy atom. The van der Waals surface area contributed by atoms with Crippen LogP contribution in [0.25, 0.3) is 22.2 Å². The van der Waals surface area contributed by atoms with Crippen LogP contribution in [-0.2, 0) is 6.42 Å². The number of hydrogen-bond donors (Lipinski definition) is 1. The summed E-state index contributed by atoms with van der Waals surface area (Å²) in [5, 5.41) is 4.15. The van der Waals surface area contributed by atoms with Crippen LogP contribution in [0.2, 0.25) is 0 Å². The van der Waals surface area contributed by atoms with Crippen LogP contribution in [-0.4, -0.2) is 10.9 Å². The van der Waals surface area contributed by atoms with E-state index in [-0.39, 0.29) is 11.9 Å². The number of carbonyl (C=O) groups excluding carboxylic acids is 1. The van der Waals surface area contributed by atoms with Crippen molar-refractivity contribution in [2.45, 2.75) is 12.5 Å². The second-order valence-corrected chi connectivity index (χ2v) is 8.06. The van der Waals surface area contributed by atoms with Crippen LogP contribution in [0.15, 0.2) is 121 Å². The lowest BCUT2D eigenvalue weighted by molar-refractivity contribution is 0.0938. The maximum absolute atomic E-state index is 13.7. The molecule has 160 valence electrons. The minimum Gasteiger partial charge on any atom is -0.345 e. The minimum absolute atomic E-state index is 0.101. The lowest BCUT2D eigenvalue weighted by Crippen LogP contribution is -2.30. The first-order chi connectivity index (χ1) is 16.3. The summed E-state index contributed by atoms with van der Waals surface area (Å²) in [7, 11) is 0. The summed E-state index contributed by atoms with van der Waals surface area (Å²) in [4.78, 5) is 18.5. The molecule has 3 nitrogen and oxygen atoms in total. The number of rotatable bonds is 6. The highest BCUT2D eigenvalue weighted by atomic mass is 16.1. The highest BCUT2D eigenvalue weighted by Gasteiger charge is 2.19. The smallest absolute Gasteiger partial charge is 0.252 e. The van der Waals surface area contributed by atoms with Crippen molar-refractivity contribution >= 4 is 16.8 Å². The number of hydrogen-bond acceptors (Lipinski definition) is 2. The first kappa shape index (κ1) is 20.7. The van der Waals surface area contributed by atoms with Gasteiger partial charge in [0.15, 0.2) is 0 Å². The fourth-order valence-electron chi connectivity index (χ4n) is 4.14. The van der Waals surface area contributed by atoms with Crippen LogP contribution in [0.1, 0.15) is 27.5 Å². The molecule has 0 fully saturated rings. The van der Waals surface area contributed by atoms with Crippen molar-refractivity contribution in [2.24, 2.45) is 0 Å². The van der Waals surface area contributed by atoms with E-state index < -0.39 is 0 Å². The summed E-state index contributed by atoms with van der Waals surface area (Å²) >= 11 is 0. The average molecular weight is 429 g/mol. The van der Waals surface area contributed by atoms with Crippen molar-refractivity contribution in [3.05, 3.63) is 138 Å². The molecule has 1 heterocycles. The number of carbonyl (C=O) groups is 1. The summed E-state index contributed by atoms with van der Waals surface area (Å²) in [5.41, 5.74) is 5.48. The summed E-state index contributed by atoms with van der Waals surface area (Å²) < 4.78 is 0. The minimum atomic E-state index is -0.145. The van der Waals surface area contributed by atoms with E-state index in [1.807, 2.05) is 97.1 Å². The number of fused-ring (bicyclic) bond motifs is 1. The molecule has 5 rings (SSSR count). The number of para-hydroxylation sites is 1. The Kier molecular flexibility index (Phi) is 5.94. The van der Waals surface area contributed by atoms with Crippen LogP contribution in [0, 0.1) is 0 Å². The normalized spacial score (nSPS) is 11.8. The van der Waals surface area contributed by atoms with E-state index in [9.17, 15) is 4.79 Å². The Morgan fingerprint density at radius 1 is 0.727 bits per heavy atom. The van der Waals surface area contributed by atoms with Gasteiger partial charge in [-0.2, -0.15) is 0 Å². The molecule has 5 aromatic rings. The van der Waals surface area contributed by atoms with E-state index in [2.05, 4.69) is 29.6 Å². The van der Waals surface area contributed by atoms with Crippen molar-refractivity contribution in [3.63, 3.8) is 0 Å². The zero-order valence-electron chi connectivity index (χ0n) is 18.2. The van der Waals surface area contributed by atoms with Gasteiger partial charge >= 0.3 is 0 Å². The van der Waals surface area contributed by atoms with E-state index in [1.165, 1.54) is 5.56 Å². The van der Waals surface area contributed by atoms with E-state index in [1.54, 1.807) is 0 Å². The van der Waals surface area contributed by atoms with Crippen molar-refractivity contribution in [2.75, 3.05) is 0 Å². The SMILES string of the molecule is O=C(N[C@H](Cc1ccccc1)c1ccccc1)c1cc(-c2ccccc2)nc2ccccc12. The first-order valence-electron chi connectivity index (χ1n) is 11.1. The molecule has 0 saturated heterocycles. The highest BCUT2D eigenvalue weighted by molar-refractivity contribution is 6.07. The largest absolute Gasteiger partial charge is 0.345 e. The molecule has 1 aromatic heterocycles. The van der Waals surface area contributed by atoms with Gasteiger partial charge in [-0.1, -0.05) is 109 Å². The fraction of sp³-hybridized carbons (Fsp3) is 0.0667. The van der Waals surface area contributed by atoms with Gasteiger partial charge in [0.1, 0.15) is 0 Å². The van der Waals surface area contributed by atoms with Crippen LogP contribution in [0.3, 0.4) is 0 Å². The summed E-state index contributed by atoms with van der Waals surface area (Å²) in [5.74, 6) is -0.101. The molecule has 0 aliphatic carbocycles. The third kappa shape index (κ3) is 4.68. The van der Waals surface area contributed by atoms with Gasteiger partial charge in [-0.3, -0.25) is 4.79 Å². The second-order valence-electron chi connectivity index (χ2n) is 8.06. The Hall–Kier alpha value is -4.24. The number of benzene rings is 4. The number of nitrogens with zero attached hydrogens (tertiary/aromatic N) is 1. The van der Waals surface area contributed by atoms with Crippen LogP contribution in [0.5, 0.6) is 0 Å². The number of amides is 1. The molecule has 1 atom stereocenters. The van der Waals surface area contributed by atoms with Crippen LogP contribution < -0.4 is 5.32 Å². The Labute approximate surface area is 193 Å². The van der Waals surface area contributed by atoms with Gasteiger partial charge in [-0.25, -0.2) is 4.98 Å². The quantitative estimate of drug-likeness (QED) is 0.330. The zero-order valence-corrected chi connectivity index (χ0v) is 18.2. The summed E-state index contributed by atoms with van der Waals surface area (Å²) in [6, 6.07) is 39.9. The molecule has 1 N–H and O–H groups in total. The van der Waals surface area contributed by atoms with Gasteiger partial charge in [0, 0.05) is 10.9 Å². The van der Waals surface area contributed by atoms with Crippen LogP contribution in [0.4, 0.5) is 0 Å². The first-order valence-corrected chi connectivity index (χ1v) is 11.1. The molecule has 0 aliphatic heterocycles. The summed E-state index contributed by atoms with van der Waals surface area (Å²) in [6.07, 6.45) is 0.713. The molecule has 0 spiro atoms. The molecular weight excluding hydrogens is 404 g/mol. The second kappa shape index (κ2) is 9.49. The van der Waals surface area contributed by atoms with E-state index in [0.29, 0.717) is 12.0 Å². The van der Waals surface area contributed by atoms with E-state index >= 15 is 0 Å². The zero-order chi connectivity index (χ0) is 22.5. The van der Waals surface area contributed by atoms with Gasteiger partial charge in [0.05, 0.1) is 22.8 Å². The summed E-state index contributed by atoms with van der Waals surface area (Å²) in [6.45, 7) is 0. The lowest BCUT2D eigenvalue weighted by Gasteiger charge is -2.20. The fourth-order valence-corrected chi connectivity index (χ4v) is 4.14. The molecule has 0 aliphatic rings. The topological polar surface area (TPSA) is 42.0 Å². The average Bonchev–Trinajstić information content (AvgIpc) is 2.89. The van der Waals surface area contributed by atoms with Crippen molar-refractivity contribution < 1.29 is 4.79 Å². The van der Waals surface area contributed by atoms with E-state index in [4.69, 9.17) is 4.98 Å². The Balaban J connectivity index is 1.54. The van der Waals surface area contributed by atoms with Gasteiger partial charge < -0.3 is 5.32 Å². The van der Waals surface area contributed by atoms with Crippen LogP contribution >= 0.6 is 0 Å². The predicted octanol–water partition coefficient (Wildman–Crippen LogP) is 6.62. The molecule has 0 unspecified atom stereocenters. The molecule has 0 radical (unpaired) electrons. The molecule has 3 heteroatoms. The molecular formula is C30H24N2O. The van der Waals surface area contributed by atoms with Crippen molar-refractivity contribution in [1.29, 1.82) is 0 Å². The highest BCUT2D eigenvalue weighted by Crippen LogP contribution is 2.26. The number of pyridine rings is 1. The molecule has 4 aromatic carbocycles. The predicted molar refractivity (Wildman–Crippen MR) is 134 cm³/mol. The monoisotopic (exact) mass is 428 g/mol. The number of aromatic nitrogens is 1. The molecule has 1 amide bonds. The lowest BCUT2D eigenvalue weighted by atomic mass is 9.97. The van der Waals surface area contributed by atoms with Gasteiger partial charge in [0.25, 0.3) is 5.91 Å². The Bertz CT molecular complexity index is 1370. The standard InChI is InChI=1S/C30H24N2O/c33-30(32-28(23-14-6-2-7-15-23)20-22-12-4-1-5-13-22)26-21-29(24-16-8-3-9-17-24)31-27-19-11-10-18-25(26)27/h1-19,21,28H,20H2,(H,32,33)/t28-/m1/s1. The molecule has 0 saturated carbocycles. The maximum atomic E-state index is 13.7. The third-order valence-corrected chi connectivity index (χ3v) is 5.82. The van der Waals surface area contributed by atoms with E-state index in [0.717, 1.165) is 27.7 Å². The van der Waals surface area contributed by atoms with Crippen molar-refractivity contribution in [3.8, 4) is 11.3 Å². The molecule has 33 heavy (non-hydrogen) atoms. The molecule has 0 bridgehead atoms. The van der Waals surface area contributed by atoms with Gasteiger partial charge in [-0.15, -0.1) is 0 Å². The number of nitrogens with one attached hydrogen (secondary N) is 1. The third-order valence-electron chi connectivity index (χ3n) is 5.82. The van der Waals surface area contributed by atoms with Crippen molar-refractivity contribution in [1.82, 2.24) is 10.3 Å². The van der Waals surface area contributed by atoms with Gasteiger partial charge in [0.2, 0.25) is 0 Å². The van der Waals surface area contributed by atoms with Gasteiger partial charge in [-0.05, 0) is 29.7 Å². The Morgan fingerprint density at radius 3 is 2.06 bits per heavy atom. The maximum Gasteiger partial charge on any atom is 0.252 e.